The van der Waals surface area contributed by atoms with Gasteiger partial charge in [-0.25, -0.2) is 0 Å². The van der Waals surface area contributed by atoms with Crippen LogP contribution in [0.1, 0.15) is 6.92 Å². The van der Waals surface area contributed by atoms with E-state index in [1.165, 1.54) is 20.5 Å². The van der Waals surface area contributed by atoms with Crippen LogP contribution in [-0.2, 0) is 43.4 Å². The van der Waals surface area contributed by atoms with E-state index in [0.29, 0.717) is 0 Å². The molecule has 0 rings (SSSR count). The van der Waals surface area contributed by atoms with Gasteiger partial charge in [0.15, 0.2) is 0 Å². The Morgan fingerprint density at radius 1 is 1.17 bits per heavy atom. The van der Waals surface area contributed by atoms with E-state index >= 15 is 0 Å². The molecular formula is C2H10Si2Ti2. The molecule has 0 aliphatic heterocycles. The smallest absolute Gasteiger partial charge is 0.00210 e. The van der Waals surface area contributed by atoms with Crippen LogP contribution >= 0.6 is 0 Å². The van der Waals surface area contributed by atoms with Gasteiger partial charge in [0.05, 0.1) is 0 Å². The maximum Gasteiger partial charge on any atom is 0.00210 e. The third kappa shape index (κ3) is 40.0. The van der Waals surface area contributed by atoms with Gasteiger partial charge in [-0.1, -0.05) is 12.1 Å². The van der Waals surface area contributed by atoms with Crippen molar-refractivity contribution < 1.29 is 43.4 Å². The fourth-order valence-electron chi connectivity index (χ4n) is 0. The van der Waals surface area contributed by atoms with Crippen LogP contribution in [0.2, 0.25) is 5.16 Å². The predicted molar refractivity (Wildman–Crippen MR) is 29.3 cm³/mol. The van der Waals surface area contributed by atoms with Crippen LogP contribution in [0.3, 0.4) is 0 Å². The van der Waals surface area contributed by atoms with Gasteiger partial charge in [0.1, 0.15) is 0 Å². The Morgan fingerprint density at radius 2 is 1.17 bits per heavy atom. The molecule has 0 unspecified atom stereocenters. The largest absolute Gasteiger partial charge is 0.0689 e. The first-order valence-corrected chi connectivity index (χ1v) is 4.04. The molecule has 0 saturated carbocycles. The number of hydrogen-bond acceptors (Lipinski definition) is 0. The van der Waals surface area contributed by atoms with Crippen molar-refractivity contribution in [1.82, 2.24) is 0 Å². The normalized spacial score (nSPS) is 11.5. The third-order valence-electron chi connectivity index (χ3n) is 0. The Hall–Kier alpha value is 1.86. The van der Waals surface area contributed by atoms with Crippen molar-refractivity contribution in [2.45, 2.75) is 12.1 Å². The monoisotopic (exact) mass is 186 g/mol. The van der Waals surface area contributed by atoms with Crippen molar-refractivity contribution in [3.8, 4) is 0 Å². The summed E-state index contributed by atoms with van der Waals surface area (Å²) in [5, 5.41) is 1.11. The van der Waals surface area contributed by atoms with Gasteiger partial charge >= 0.3 is 0 Å². The zero-order valence-corrected chi connectivity index (χ0v) is 11.7. The molecule has 0 aromatic rings. The van der Waals surface area contributed by atoms with Crippen LogP contribution in [0.5, 0.6) is 0 Å². The van der Waals surface area contributed by atoms with Crippen molar-refractivity contribution >= 4 is 20.5 Å². The van der Waals surface area contributed by atoms with Crippen LogP contribution in [-0.4, -0.2) is 20.5 Å². The molecule has 0 N–H and O–H groups in total. The van der Waals surface area contributed by atoms with Gasteiger partial charge in [-0.05, 0) is 0 Å². The second-order valence-electron chi connectivity index (χ2n) is 1.73. The minimum Gasteiger partial charge on any atom is -0.0689 e. The van der Waals surface area contributed by atoms with Crippen LogP contribution < -0.4 is 0 Å². The van der Waals surface area contributed by atoms with Crippen LogP contribution in [0, 0.1) is 0 Å². The molecule has 4 heteroatoms. The minimum absolute atomic E-state index is 0. The Balaban J connectivity index is -0.0000000450. The Morgan fingerprint density at radius 3 is 1.17 bits per heavy atom. The van der Waals surface area contributed by atoms with Crippen molar-refractivity contribution in [2.24, 2.45) is 0 Å². The zero-order chi connectivity index (χ0) is 3.58. The fraction of sp³-hybridized carbons (Fsp3) is 1.00. The summed E-state index contributed by atoms with van der Waals surface area (Å²) in [6, 6.07) is 0. The average Bonchev–Trinajstić information content (AvgIpc) is 0.811. The van der Waals surface area contributed by atoms with Crippen molar-refractivity contribution in [3.05, 3.63) is 0 Å². The molecule has 0 aliphatic rings. The predicted octanol–water partition coefficient (Wildman–Crippen LogP) is -1.52. The molecule has 0 fully saturated rings. The Bertz CT molecular complexity index is 14.3. The molecule has 0 radical (unpaired) electrons. The molecule has 0 amide bonds. The third-order valence-corrected chi connectivity index (χ3v) is 0. The summed E-state index contributed by atoms with van der Waals surface area (Å²) in [5.41, 5.74) is 0. The molecule has 0 bridgehead atoms. The van der Waals surface area contributed by atoms with E-state index in [9.17, 15) is 0 Å². The van der Waals surface area contributed by atoms with Crippen molar-refractivity contribution in [2.75, 3.05) is 0 Å². The summed E-state index contributed by atoms with van der Waals surface area (Å²) in [6.07, 6.45) is 0. The maximum atomic E-state index is 2.29. The summed E-state index contributed by atoms with van der Waals surface area (Å²) < 4.78 is 0. The first-order chi connectivity index (χ1) is 1.73. The molecule has 0 saturated heterocycles. The number of hydrogen-bond donors (Lipinski definition) is 0. The molecule has 6 heavy (non-hydrogen) atoms. The van der Waals surface area contributed by atoms with Crippen molar-refractivity contribution in [3.63, 3.8) is 0 Å². The SMILES string of the molecule is CC([SiH3])[SiH3].[Ti].[Ti]. The quantitative estimate of drug-likeness (QED) is 0.403. The van der Waals surface area contributed by atoms with Gasteiger partial charge in [0.25, 0.3) is 0 Å². The van der Waals surface area contributed by atoms with E-state index in [-0.39, 0.29) is 43.4 Å². The van der Waals surface area contributed by atoms with Gasteiger partial charge in [-0.15, -0.1) is 0 Å². The minimum atomic E-state index is 0. The molecule has 0 spiro atoms. The van der Waals surface area contributed by atoms with Gasteiger partial charge < -0.3 is 0 Å². The second kappa shape index (κ2) is 9.98. The molecular weight excluding hydrogens is 176 g/mol. The molecule has 0 nitrogen and oxygen atoms in total. The fourth-order valence-corrected chi connectivity index (χ4v) is 0. The van der Waals surface area contributed by atoms with Gasteiger partial charge in [-0.2, -0.15) is 0 Å². The Kier molecular flexibility index (Phi) is 26.0. The summed E-state index contributed by atoms with van der Waals surface area (Å²) >= 11 is 0. The standard InChI is InChI=1S/C2H10Si2.2Ti/c1-2(3)4;;/h2H,1,3-4H3;;. The molecule has 34 valence electrons. The second-order valence-corrected chi connectivity index (χ2v) is 8.66. The molecule has 0 aromatic heterocycles. The van der Waals surface area contributed by atoms with Crippen molar-refractivity contribution in [1.29, 1.82) is 0 Å². The molecule has 0 aliphatic carbocycles. The van der Waals surface area contributed by atoms with E-state index in [0.717, 1.165) is 5.16 Å². The average molecular weight is 186 g/mol. The van der Waals surface area contributed by atoms with E-state index < -0.39 is 0 Å². The van der Waals surface area contributed by atoms with E-state index in [2.05, 4.69) is 6.92 Å². The van der Waals surface area contributed by atoms with Crippen LogP contribution in [0.25, 0.3) is 0 Å². The van der Waals surface area contributed by atoms with Gasteiger partial charge in [0, 0.05) is 63.9 Å². The summed E-state index contributed by atoms with van der Waals surface area (Å²) in [7, 11) is 2.82. The molecule has 0 heterocycles. The summed E-state index contributed by atoms with van der Waals surface area (Å²) in [4.78, 5) is 0. The van der Waals surface area contributed by atoms with E-state index in [1.54, 1.807) is 0 Å². The molecule has 0 aromatic carbocycles. The topological polar surface area (TPSA) is 0 Å². The van der Waals surface area contributed by atoms with Gasteiger partial charge in [-0.3, -0.25) is 0 Å². The van der Waals surface area contributed by atoms with Crippen LogP contribution in [0.15, 0.2) is 0 Å². The van der Waals surface area contributed by atoms with E-state index in [4.69, 9.17) is 0 Å². The maximum absolute atomic E-state index is 2.29. The molecule has 0 atom stereocenters. The van der Waals surface area contributed by atoms with Gasteiger partial charge in [0.2, 0.25) is 0 Å². The van der Waals surface area contributed by atoms with E-state index in [1.807, 2.05) is 0 Å². The Labute approximate surface area is 75.5 Å². The number of rotatable bonds is 0. The first kappa shape index (κ1) is 15.7. The summed E-state index contributed by atoms with van der Waals surface area (Å²) in [6.45, 7) is 2.29. The first-order valence-electron chi connectivity index (χ1n) is 1.73. The summed E-state index contributed by atoms with van der Waals surface area (Å²) in [5.74, 6) is 0. The zero-order valence-electron chi connectivity index (χ0n) is 4.58. The van der Waals surface area contributed by atoms with Crippen LogP contribution in [0.4, 0.5) is 0 Å².